The Bertz CT molecular complexity index is 245. The molecule has 6 nitrogen and oxygen atoms in total. The zero-order valence-corrected chi connectivity index (χ0v) is 8.34. The molecule has 1 atom stereocenters. The van der Waals surface area contributed by atoms with Gasteiger partial charge in [0.05, 0.1) is 6.10 Å². The number of carbonyl (C=O) groups excluding carboxylic acids is 2. The Kier molecular flexibility index (Phi) is 4.63. The van der Waals surface area contributed by atoms with Gasteiger partial charge in [0.25, 0.3) is 0 Å². The quantitative estimate of drug-likeness (QED) is 0.409. The molecule has 0 spiro atoms. The molecule has 0 saturated carbocycles. The second-order valence-electron chi connectivity index (χ2n) is 2.82. The van der Waals surface area contributed by atoms with Gasteiger partial charge in [-0.2, -0.15) is 0 Å². The van der Waals surface area contributed by atoms with Gasteiger partial charge in [0.2, 0.25) is 6.41 Å². The Balaban J connectivity index is 4.23. The maximum Gasteiger partial charge on any atom is 0.441 e. The highest BCUT2D eigenvalue weighted by Gasteiger charge is 2.18. The second-order valence-corrected chi connectivity index (χ2v) is 2.82. The van der Waals surface area contributed by atoms with E-state index in [9.17, 15) is 9.59 Å². The van der Waals surface area contributed by atoms with E-state index >= 15 is 0 Å². The first kappa shape index (κ1) is 10.6. The molecule has 80 valence electrons. The van der Waals surface area contributed by atoms with Crippen LogP contribution in [0.5, 0.6) is 0 Å². The van der Waals surface area contributed by atoms with Crippen LogP contribution >= 0.6 is 0 Å². The first-order valence-electron chi connectivity index (χ1n) is 4.55. The molecule has 1 unspecified atom stereocenters. The standard InChI is InChI=1S/C8H14N2O4/c1-6(2)13-8(12)10(5-11)14-7(3)4-9/h4-7,9H,1-3H3/b9-4+. The van der Waals surface area contributed by atoms with Crippen molar-refractivity contribution >= 4 is 18.7 Å². The van der Waals surface area contributed by atoms with Crippen LogP contribution in [0.1, 0.15) is 20.8 Å². The van der Waals surface area contributed by atoms with Gasteiger partial charge < -0.3 is 10.1 Å². The van der Waals surface area contributed by atoms with Crippen molar-refractivity contribution in [3.05, 3.63) is 0 Å². The van der Waals surface area contributed by atoms with Crippen LogP contribution in [0.4, 0.5) is 4.79 Å². The lowest BCUT2D eigenvalue weighted by Gasteiger charge is -2.18. The van der Waals surface area contributed by atoms with Crippen LogP contribution in [-0.2, 0) is 14.4 Å². The predicted octanol–water partition coefficient (Wildman–Crippen LogP) is 0.959. The van der Waals surface area contributed by atoms with Crippen molar-refractivity contribution in [3.63, 3.8) is 0 Å². The van der Waals surface area contributed by atoms with Crippen molar-refractivity contribution < 1.29 is 20.6 Å². The summed E-state index contributed by atoms with van der Waals surface area (Å²) in [4.78, 5) is 26.5. The van der Waals surface area contributed by atoms with Crippen LogP contribution < -0.4 is 0 Å². The van der Waals surface area contributed by atoms with Gasteiger partial charge in [0.1, 0.15) is 6.10 Å². The van der Waals surface area contributed by atoms with Crippen molar-refractivity contribution in [1.82, 2.24) is 5.06 Å². The summed E-state index contributed by atoms with van der Waals surface area (Å²) in [5.74, 6) is 0. The van der Waals surface area contributed by atoms with E-state index in [1.165, 1.54) is 6.92 Å². The summed E-state index contributed by atoms with van der Waals surface area (Å²) in [5.41, 5.74) is 0. The van der Waals surface area contributed by atoms with Crippen LogP contribution in [-0.4, -0.2) is 36.0 Å². The molecule has 0 heterocycles. The first-order valence-corrected chi connectivity index (χ1v) is 4.10. The van der Waals surface area contributed by atoms with Crippen LogP contribution in [0.25, 0.3) is 0 Å². The number of hydroxylamine groups is 2. The van der Waals surface area contributed by atoms with Crippen molar-refractivity contribution in [1.29, 1.82) is 5.40 Å². The van der Waals surface area contributed by atoms with E-state index in [4.69, 9.17) is 11.0 Å². The highest BCUT2D eigenvalue weighted by molar-refractivity contribution is 5.78. The predicted molar refractivity (Wildman–Crippen MR) is 48.9 cm³/mol. The molecule has 0 rings (SSSR count). The number of amides is 2. The largest absolute Gasteiger partial charge is 0.445 e. The molecule has 0 fully saturated rings. The first-order chi connectivity index (χ1) is 7.01. The van der Waals surface area contributed by atoms with Gasteiger partial charge in [-0.05, 0) is 20.8 Å². The fourth-order valence-electron chi connectivity index (χ4n) is 0.571. The maximum absolute atomic E-state index is 11.2. The number of rotatable bonds is 5. The summed E-state index contributed by atoms with van der Waals surface area (Å²) >= 11 is 0. The number of ether oxygens (including phenoxy) is 1. The van der Waals surface area contributed by atoms with E-state index in [1.54, 1.807) is 13.8 Å². The minimum Gasteiger partial charge on any atom is -0.445 e. The van der Waals surface area contributed by atoms with Gasteiger partial charge >= 0.3 is 6.09 Å². The average Bonchev–Trinajstić information content (AvgIpc) is 2.13. The normalized spacial score (nSPS) is 13.9. The zero-order chi connectivity index (χ0) is 11.8. The van der Waals surface area contributed by atoms with Gasteiger partial charge in [-0.1, -0.05) is 0 Å². The number of hydrogen-bond donors (Lipinski definition) is 1. The molecule has 6 heteroatoms. The molecule has 0 aliphatic carbocycles. The van der Waals surface area contributed by atoms with Crippen molar-refractivity contribution in [2.24, 2.45) is 0 Å². The van der Waals surface area contributed by atoms with E-state index in [-0.39, 0.29) is 12.5 Å². The monoisotopic (exact) mass is 202 g/mol. The fraction of sp³-hybridized carbons (Fsp3) is 0.625. The summed E-state index contributed by atoms with van der Waals surface area (Å²) in [7, 11) is 0. The highest BCUT2D eigenvalue weighted by atomic mass is 16.7. The third-order valence-electron chi connectivity index (χ3n) is 1.10. The molecular formula is C8H14N2O4. The van der Waals surface area contributed by atoms with E-state index in [0.29, 0.717) is 5.06 Å². The molecule has 0 bridgehead atoms. The van der Waals surface area contributed by atoms with Gasteiger partial charge in [0, 0.05) is 6.21 Å². The fourth-order valence-corrected chi connectivity index (χ4v) is 0.571. The molecule has 14 heavy (non-hydrogen) atoms. The van der Waals surface area contributed by atoms with Crippen LogP contribution in [0.3, 0.4) is 0 Å². The number of carbonyl (C=O) groups is 2. The Morgan fingerprint density at radius 1 is 1.57 bits per heavy atom. The number of hydrogen-bond acceptors (Lipinski definition) is 5. The van der Waals surface area contributed by atoms with Gasteiger partial charge in [-0.25, -0.2) is 4.79 Å². The minimum absolute atomic E-state index is 0.193. The smallest absolute Gasteiger partial charge is 0.441 e. The number of nitrogens with one attached hydrogen (secondary N) is 1. The topological polar surface area (TPSA) is 79.7 Å². The minimum atomic E-state index is -0.898. The van der Waals surface area contributed by atoms with Gasteiger partial charge in [0.15, 0.2) is 1.41 Å². The molecule has 0 aromatic carbocycles. The zero-order valence-electron chi connectivity index (χ0n) is 9.34. The van der Waals surface area contributed by atoms with Crippen LogP contribution in [0.15, 0.2) is 0 Å². The van der Waals surface area contributed by atoms with E-state index in [2.05, 4.69) is 5.40 Å². The lowest BCUT2D eigenvalue weighted by Crippen LogP contribution is -2.35. The second kappa shape index (κ2) is 6.09. The van der Waals surface area contributed by atoms with Crippen LogP contribution in [0, 0.1) is 5.40 Å². The number of imide groups is 1. The Labute approximate surface area is 83.7 Å². The lowest BCUT2D eigenvalue weighted by molar-refractivity contribution is -0.167. The summed E-state index contributed by atoms with van der Waals surface area (Å²) in [6, 6.07) is 0. The van der Waals surface area contributed by atoms with E-state index < -0.39 is 12.2 Å². The molecule has 0 saturated heterocycles. The number of nitrogens with zero attached hydrogens (tertiary/aromatic N) is 1. The highest BCUT2D eigenvalue weighted by Crippen LogP contribution is 1.99. The third kappa shape index (κ3) is 4.56. The molecule has 0 radical (unpaired) electrons. The maximum atomic E-state index is 11.2. The molecule has 0 aromatic heterocycles. The molecule has 0 aliphatic heterocycles. The Morgan fingerprint density at radius 2 is 2.21 bits per heavy atom. The molecule has 0 aromatic rings. The third-order valence-corrected chi connectivity index (χ3v) is 1.10. The van der Waals surface area contributed by atoms with Crippen molar-refractivity contribution in [3.8, 4) is 0 Å². The molecule has 0 aliphatic rings. The Hall–Kier alpha value is -1.43. The SMILES string of the molecule is [H]/N=C/C(C)ON(C=O)C(=O)OC(C)C. The van der Waals surface area contributed by atoms with Gasteiger partial charge in [-0.15, -0.1) is 5.06 Å². The van der Waals surface area contributed by atoms with Crippen molar-refractivity contribution in [2.45, 2.75) is 33.0 Å². The Morgan fingerprint density at radius 3 is 2.64 bits per heavy atom. The molecule has 1 N–H and O–H groups in total. The summed E-state index contributed by atoms with van der Waals surface area (Å²) in [5, 5.41) is 3.37. The van der Waals surface area contributed by atoms with E-state index in [0.717, 1.165) is 6.21 Å². The van der Waals surface area contributed by atoms with Crippen LogP contribution in [0.2, 0.25) is 1.41 Å². The lowest BCUT2D eigenvalue weighted by atomic mass is 10.5. The molecular weight excluding hydrogens is 188 g/mol. The summed E-state index contributed by atoms with van der Waals surface area (Å²) in [6.45, 7) is 4.82. The van der Waals surface area contributed by atoms with E-state index in [1.807, 2.05) is 0 Å². The molecule has 2 amide bonds. The average molecular weight is 202 g/mol. The van der Waals surface area contributed by atoms with Gasteiger partial charge in [-0.3, -0.25) is 9.63 Å². The summed E-state index contributed by atoms with van der Waals surface area (Å²) in [6.07, 6.45) is -0.584. The summed E-state index contributed by atoms with van der Waals surface area (Å²) < 4.78 is 11.2. The van der Waals surface area contributed by atoms with Crippen molar-refractivity contribution in [2.75, 3.05) is 0 Å².